The predicted molar refractivity (Wildman–Crippen MR) is 129 cm³/mol. The number of aromatic nitrogens is 4. The van der Waals surface area contributed by atoms with Crippen molar-refractivity contribution in [3.8, 4) is 11.1 Å². The summed E-state index contributed by atoms with van der Waals surface area (Å²) in [6.07, 6.45) is 7.24. The number of nitrogens with one attached hydrogen (secondary N) is 2. The van der Waals surface area contributed by atoms with Crippen LogP contribution in [0.15, 0.2) is 30.6 Å². The molecule has 1 atom stereocenters. The zero-order valence-corrected chi connectivity index (χ0v) is 20.3. The number of rotatable bonds is 6. The molecule has 1 fully saturated rings. The lowest BCUT2D eigenvalue weighted by molar-refractivity contribution is -0.119. The van der Waals surface area contributed by atoms with Crippen molar-refractivity contribution in [2.24, 2.45) is 18.9 Å². The van der Waals surface area contributed by atoms with Crippen LogP contribution in [0.4, 0.5) is 5.82 Å². The van der Waals surface area contributed by atoms with E-state index in [4.69, 9.17) is 0 Å². The average Bonchev–Trinajstić information content (AvgIpc) is 3.38. The zero-order valence-electron chi connectivity index (χ0n) is 19.5. The van der Waals surface area contributed by atoms with Gasteiger partial charge in [0.05, 0.1) is 5.69 Å². The molecule has 0 radical (unpaired) electrons. The summed E-state index contributed by atoms with van der Waals surface area (Å²) in [6, 6.07) is 4.76. The predicted octanol–water partition coefficient (Wildman–Crippen LogP) is 4.12. The van der Waals surface area contributed by atoms with Gasteiger partial charge in [0.25, 0.3) is 5.91 Å². The summed E-state index contributed by atoms with van der Waals surface area (Å²) in [6.45, 7) is 6.25. The Morgan fingerprint density at radius 1 is 1.15 bits per heavy atom. The molecule has 0 saturated heterocycles. The molecule has 0 aliphatic heterocycles. The second kappa shape index (κ2) is 9.82. The van der Waals surface area contributed by atoms with Crippen molar-refractivity contribution >= 4 is 29.2 Å². The van der Waals surface area contributed by atoms with Crippen molar-refractivity contribution in [1.29, 1.82) is 0 Å². The third-order valence-electron chi connectivity index (χ3n) is 6.49. The number of anilines is 1. The smallest absolute Gasteiger partial charge is 0.270 e. The summed E-state index contributed by atoms with van der Waals surface area (Å²) in [5.74, 6) is 0.652. The minimum absolute atomic E-state index is 0.0832. The van der Waals surface area contributed by atoms with Crippen LogP contribution in [0.5, 0.6) is 0 Å². The van der Waals surface area contributed by atoms with Crippen LogP contribution in [0.2, 0.25) is 0 Å². The van der Waals surface area contributed by atoms with E-state index in [9.17, 15) is 9.59 Å². The van der Waals surface area contributed by atoms with Gasteiger partial charge in [0, 0.05) is 35.4 Å². The van der Waals surface area contributed by atoms with Gasteiger partial charge in [-0.2, -0.15) is 9.47 Å². The van der Waals surface area contributed by atoms with E-state index in [1.165, 1.54) is 16.2 Å². The lowest BCUT2D eigenvalue weighted by atomic mass is 9.79. The van der Waals surface area contributed by atoms with Crippen LogP contribution in [0.25, 0.3) is 11.1 Å². The molecule has 3 aromatic rings. The molecule has 174 valence electrons. The topological polar surface area (TPSA) is 102 Å². The number of carbonyl (C=O) groups is 2. The molecule has 0 bridgehead atoms. The first kappa shape index (κ1) is 23.1. The maximum atomic E-state index is 13.3. The second-order valence-corrected chi connectivity index (χ2v) is 9.91. The first-order valence-corrected chi connectivity index (χ1v) is 12.1. The maximum Gasteiger partial charge on any atom is 0.270 e. The van der Waals surface area contributed by atoms with Gasteiger partial charge in [0.1, 0.15) is 17.6 Å². The minimum Gasteiger partial charge on any atom is -0.339 e. The number of nitrogens with zero attached hydrogens (tertiary/aromatic N) is 4. The Bertz CT molecular complexity index is 1110. The number of hydrogen-bond acceptors (Lipinski definition) is 6. The largest absolute Gasteiger partial charge is 0.339 e. The van der Waals surface area contributed by atoms with Gasteiger partial charge in [-0.3, -0.25) is 14.3 Å². The lowest BCUT2D eigenvalue weighted by Gasteiger charge is -2.32. The lowest BCUT2D eigenvalue weighted by Crippen LogP contribution is -2.49. The Morgan fingerprint density at radius 2 is 1.91 bits per heavy atom. The van der Waals surface area contributed by atoms with Crippen LogP contribution in [0.1, 0.15) is 53.7 Å². The highest BCUT2D eigenvalue weighted by atomic mass is 32.1. The third kappa shape index (κ3) is 5.13. The molecule has 0 unspecified atom stereocenters. The molecule has 2 N–H and O–H groups in total. The molecule has 3 aromatic heterocycles. The molecule has 9 heteroatoms. The molecule has 1 aliphatic carbocycles. The highest BCUT2D eigenvalue weighted by Crippen LogP contribution is 2.32. The SMILES string of the molecule is Cc1nsc(C)c1-c1ccc(NC(=O)[C@@H](NC(=O)c2ccnn2C)C2CCC(C)CC2)nc1. The van der Waals surface area contributed by atoms with E-state index in [-0.39, 0.29) is 17.7 Å². The van der Waals surface area contributed by atoms with Gasteiger partial charge in [0.15, 0.2) is 0 Å². The number of pyridine rings is 1. The zero-order chi connectivity index (χ0) is 23.5. The van der Waals surface area contributed by atoms with Crippen LogP contribution >= 0.6 is 11.5 Å². The number of hydrogen-bond donors (Lipinski definition) is 2. The Morgan fingerprint density at radius 3 is 2.48 bits per heavy atom. The molecule has 4 rings (SSSR count). The van der Waals surface area contributed by atoms with E-state index in [2.05, 4.69) is 32.0 Å². The monoisotopic (exact) mass is 466 g/mol. The summed E-state index contributed by atoms with van der Waals surface area (Å²) < 4.78 is 5.91. The van der Waals surface area contributed by atoms with Crippen LogP contribution < -0.4 is 10.6 Å². The van der Waals surface area contributed by atoms with Crippen LogP contribution in [0.3, 0.4) is 0 Å². The highest BCUT2D eigenvalue weighted by molar-refractivity contribution is 7.06. The molecule has 3 heterocycles. The molecule has 2 amide bonds. The maximum absolute atomic E-state index is 13.3. The van der Waals surface area contributed by atoms with Crippen molar-refractivity contribution in [3.63, 3.8) is 0 Å². The fourth-order valence-electron chi connectivity index (χ4n) is 4.54. The normalized spacial score (nSPS) is 19.2. The van der Waals surface area contributed by atoms with E-state index >= 15 is 0 Å². The van der Waals surface area contributed by atoms with E-state index in [0.29, 0.717) is 17.4 Å². The Balaban J connectivity index is 1.51. The van der Waals surface area contributed by atoms with E-state index in [1.54, 1.807) is 31.6 Å². The van der Waals surface area contributed by atoms with Crippen molar-refractivity contribution in [2.75, 3.05) is 5.32 Å². The summed E-state index contributed by atoms with van der Waals surface area (Å²) in [5, 5.41) is 9.95. The van der Waals surface area contributed by atoms with Gasteiger partial charge < -0.3 is 10.6 Å². The first-order chi connectivity index (χ1) is 15.8. The quantitative estimate of drug-likeness (QED) is 0.569. The molecular weight excluding hydrogens is 436 g/mol. The van der Waals surface area contributed by atoms with Crippen LogP contribution in [-0.4, -0.2) is 37.0 Å². The van der Waals surface area contributed by atoms with Gasteiger partial charge in [-0.25, -0.2) is 4.98 Å². The Hall–Kier alpha value is -3.07. The van der Waals surface area contributed by atoms with Crippen molar-refractivity contribution in [2.45, 2.75) is 52.5 Å². The third-order valence-corrected chi connectivity index (χ3v) is 7.33. The molecule has 1 saturated carbocycles. The van der Waals surface area contributed by atoms with Crippen molar-refractivity contribution in [1.82, 2.24) is 24.5 Å². The Labute approximate surface area is 198 Å². The summed E-state index contributed by atoms with van der Waals surface area (Å²) >= 11 is 1.47. The molecule has 0 spiro atoms. The standard InChI is InChI=1S/C24H30N6O2S/c1-14-5-7-17(8-6-14)22(28-23(31)19-11-12-26-30(19)4)24(32)27-20-10-9-18(13-25-20)21-15(2)29-33-16(21)3/h9-14,17,22H,5-8H2,1-4H3,(H,28,31)(H,25,27,32)/t14?,17?,22-/m0/s1. The van der Waals surface area contributed by atoms with Gasteiger partial charge in [-0.1, -0.05) is 19.8 Å². The number of amides is 2. The second-order valence-electron chi connectivity index (χ2n) is 8.93. The van der Waals surface area contributed by atoms with Gasteiger partial charge in [0.2, 0.25) is 5.91 Å². The van der Waals surface area contributed by atoms with Crippen molar-refractivity contribution < 1.29 is 9.59 Å². The molecule has 33 heavy (non-hydrogen) atoms. The summed E-state index contributed by atoms with van der Waals surface area (Å²) in [7, 11) is 1.71. The minimum atomic E-state index is -0.632. The van der Waals surface area contributed by atoms with Gasteiger partial charge in [-0.05, 0) is 68.3 Å². The number of aryl methyl sites for hydroxylation is 3. The average molecular weight is 467 g/mol. The highest BCUT2D eigenvalue weighted by Gasteiger charge is 2.33. The molecule has 0 aromatic carbocycles. The number of carbonyl (C=O) groups excluding carboxylic acids is 2. The van der Waals surface area contributed by atoms with Crippen molar-refractivity contribution in [3.05, 3.63) is 46.9 Å². The van der Waals surface area contributed by atoms with E-state index < -0.39 is 6.04 Å². The van der Waals surface area contributed by atoms with Crippen LogP contribution in [0, 0.1) is 25.7 Å². The molecular formula is C24H30N6O2S. The van der Waals surface area contributed by atoms with Crippen LogP contribution in [-0.2, 0) is 11.8 Å². The summed E-state index contributed by atoms with van der Waals surface area (Å²) in [4.78, 5) is 31.8. The van der Waals surface area contributed by atoms with Gasteiger partial charge in [-0.15, -0.1) is 0 Å². The fraction of sp³-hybridized carbons (Fsp3) is 0.458. The Kier molecular flexibility index (Phi) is 6.88. The van der Waals surface area contributed by atoms with E-state index in [1.807, 2.05) is 19.9 Å². The summed E-state index contributed by atoms with van der Waals surface area (Å²) in [5.41, 5.74) is 3.46. The molecule has 8 nitrogen and oxygen atoms in total. The fourth-order valence-corrected chi connectivity index (χ4v) is 5.27. The molecule has 1 aliphatic rings. The van der Waals surface area contributed by atoms with Gasteiger partial charge >= 0.3 is 0 Å². The first-order valence-electron chi connectivity index (χ1n) is 11.3. The van der Waals surface area contributed by atoms with E-state index in [0.717, 1.165) is 47.4 Å².